The van der Waals surface area contributed by atoms with Crippen LogP contribution in [0.5, 0.6) is 0 Å². The lowest BCUT2D eigenvalue weighted by Crippen LogP contribution is -2.52. The number of furan rings is 1. The van der Waals surface area contributed by atoms with Crippen molar-refractivity contribution < 1.29 is 13.6 Å². The molecule has 1 fully saturated rings. The van der Waals surface area contributed by atoms with Crippen molar-refractivity contribution in [2.75, 3.05) is 31.1 Å². The van der Waals surface area contributed by atoms with Crippen molar-refractivity contribution in [1.29, 1.82) is 0 Å². The number of anilines is 1. The Morgan fingerprint density at radius 3 is 2.81 bits per heavy atom. The Balaban J connectivity index is 1.38. The fraction of sp³-hybridized carbons (Fsp3) is 0.300. The van der Waals surface area contributed by atoms with Gasteiger partial charge in [0.25, 0.3) is 0 Å². The quantitative estimate of drug-likeness (QED) is 0.768. The van der Waals surface area contributed by atoms with Crippen LogP contribution in [0.15, 0.2) is 53.4 Å². The first-order chi connectivity index (χ1) is 13.1. The molecule has 2 amide bonds. The highest BCUT2D eigenvalue weighted by Crippen LogP contribution is 2.25. The molecule has 1 atom stereocenters. The average molecular weight is 368 g/mol. The molecule has 1 saturated heterocycles. The zero-order valence-electron chi connectivity index (χ0n) is 15.1. The largest absolute Gasteiger partial charge is 0.464 e. The lowest BCUT2D eigenvalue weighted by atomic mass is 10.0. The van der Waals surface area contributed by atoms with Gasteiger partial charge in [-0.25, -0.2) is 9.18 Å². The number of carbonyl (C=O) groups excluding carboxylic acids is 1. The van der Waals surface area contributed by atoms with Gasteiger partial charge in [0.2, 0.25) is 0 Å². The van der Waals surface area contributed by atoms with Gasteiger partial charge in [0.15, 0.2) is 5.82 Å². The number of halogens is 1. The summed E-state index contributed by atoms with van der Waals surface area (Å²) in [7, 11) is 0. The highest BCUT2D eigenvalue weighted by molar-refractivity contribution is 5.82. The van der Waals surface area contributed by atoms with Gasteiger partial charge in [0.05, 0.1) is 24.2 Å². The number of fused-ring (bicyclic) bond motifs is 1. The fourth-order valence-electron chi connectivity index (χ4n) is 3.52. The normalized spacial score (nSPS) is 15.8. The van der Waals surface area contributed by atoms with E-state index in [1.54, 1.807) is 23.4 Å². The third-order valence-corrected chi connectivity index (χ3v) is 4.99. The van der Waals surface area contributed by atoms with Crippen LogP contribution in [0, 0.1) is 5.82 Å². The Kier molecular flexibility index (Phi) is 4.66. The summed E-state index contributed by atoms with van der Waals surface area (Å²) in [6, 6.07) is 9.14. The van der Waals surface area contributed by atoms with Crippen LogP contribution in [-0.4, -0.2) is 42.1 Å². The van der Waals surface area contributed by atoms with Gasteiger partial charge < -0.3 is 19.5 Å². The Morgan fingerprint density at radius 1 is 1.22 bits per heavy atom. The van der Waals surface area contributed by atoms with Crippen LogP contribution in [0.2, 0.25) is 0 Å². The predicted molar refractivity (Wildman–Crippen MR) is 101 cm³/mol. The van der Waals surface area contributed by atoms with Crippen molar-refractivity contribution in [3.05, 3.63) is 60.4 Å². The zero-order chi connectivity index (χ0) is 18.8. The van der Waals surface area contributed by atoms with Crippen LogP contribution in [-0.2, 0) is 0 Å². The van der Waals surface area contributed by atoms with Crippen molar-refractivity contribution in [3.8, 4) is 0 Å². The second-order valence-corrected chi connectivity index (χ2v) is 6.65. The van der Waals surface area contributed by atoms with E-state index in [1.807, 2.05) is 36.1 Å². The molecule has 7 heteroatoms. The Hall–Kier alpha value is -3.09. The minimum atomic E-state index is -0.336. The maximum atomic E-state index is 13.9. The van der Waals surface area contributed by atoms with Gasteiger partial charge in [-0.15, -0.1) is 0 Å². The van der Waals surface area contributed by atoms with Gasteiger partial charge in [-0.1, -0.05) is 12.1 Å². The first-order valence-corrected chi connectivity index (χ1v) is 8.99. The molecule has 27 heavy (non-hydrogen) atoms. The molecule has 0 spiro atoms. The number of hydrogen-bond donors (Lipinski definition) is 1. The van der Waals surface area contributed by atoms with Gasteiger partial charge in [0.1, 0.15) is 5.58 Å². The molecule has 4 rings (SSSR count). The van der Waals surface area contributed by atoms with Crippen LogP contribution in [0.3, 0.4) is 0 Å². The summed E-state index contributed by atoms with van der Waals surface area (Å²) in [5.74, 6) is -0.336. The second kappa shape index (κ2) is 7.26. The van der Waals surface area contributed by atoms with E-state index >= 15 is 0 Å². The number of rotatable bonds is 3. The molecule has 1 aliphatic heterocycles. The van der Waals surface area contributed by atoms with Gasteiger partial charge in [-0.2, -0.15) is 0 Å². The summed E-state index contributed by atoms with van der Waals surface area (Å²) in [4.78, 5) is 20.1. The standard InChI is InChI=1S/C20H21FN4O2/c1-14(15-3-2-4-19-16(15)6-12-27-19)23-20(26)25-10-8-24(9-11-25)18-5-7-22-13-17(18)21/h2-7,12-14H,8-11H2,1H3,(H,23,26)/t14-/m1/s1. The summed E-state index contributed by atoms with van der Waals surface area (Å²) >= 11 is 0. The van der Waals surface area contributed by atoms with E-state index < -0.39 is 0 Å². The number of pyridine rings is 1. The Labute approximate surface area is 156 Å². The Bertz CT molecular complexity index is 950. The van der Waals surface area contributed by atoms with E-state index in [0.29, 0.717) is 31.9 Å². The lowest BCUT2D eigenvalue weighted by Gasteiger charge is -2.36. The highest BCUT2D eigenvalue weighted by Gasteiger charge is 2.24. The zero-order valence-corrected chi connectivity index (χ0v) is 15.1. The van der Waals surface area contributed by atoms with Crippen LogP contribution in [0.1, 0.15) is 18.5 Å². The van der Waals surface area contributed by atoms with E-state index in [0.717, 1.165) is 16.5 Å². The first kappa shape index (κ1) is 17.3. The van der Waals surface area contributed by atoms with Gasteiger partial charge >= 0.3 is 6.03 Å². The first-order valence-electron chi connectivity index (χ1n) is 8.99. The summed E-state index contributed by atoms with van der Waals surface area (Å²) in [5, 5.41) is 4.06. The van der Waals surface area contributed by atoms with Crippen molar-refractivity contribution >= 4 is 22.7 Å². The molecule has 0 aliphatic carbocycles. The molecule has 6 nitrogen and oxygen atoms in total. The number of hydrogen-bond acceptors (Lipinski definition) is 4. The van der Waals surface area contributed by atoms with Crippen molar-refractivity contribution in [1.82, 2.24) is 15.2 Å². The van der Waals surface area contributed by atoms with Crippen LogP contribution < -0.4 is 10.2 Å². The maximum Gasteiger partial charge on any atom is 0.317 e. The molecular weight excluding hydrogens is 347 g/mol. The lowest BCUT2D eigenvalue weighted by molar-refractivity contribution is 0.191. The molecule has 0 saturated carbocycles. The number of piperazine rings is 1. The van der Waals surface area contributed by atoms with E-state index in [4.69, 9.17) is 4.42 Å². The van der Waals surface area contributed by atoms with Crippen molar-refractivity contribution in [2.24, 2.45) is 0 Å². The minimum Gasteiger partial charge on any atom is -0.464 e. The molecule has 3 heterocycles. The number of amides is 2. The van der Waals surface area contributed by atoms with E-state index in [2.05, 4.69) is 10.3 Å². The number of urea groups is 1. The number of nitrogens with zero attached hydrogens (tertiary/aromatic N) is 3. The highest BCUT2D eigenvalue weighted by atomic mass is 19.1. The molecule has 1 aliphatic rings. The smallest absolute Gasteiger partial charge is 0.317 e. The molecule has 0 unspecified atom stereocenters. The third-order valence-electron chi connectivity index (χ3n) is 4.99. The number of carbonyl (C=O) groups is 1. The van der Waals surface area contributed by atoms with E-state index in [1.165, 1.54) is 6.20 Å². The fourth-order valence-corrected chi connectivity index (χ4v) is 3.52. The molecule has 1 N–H and O–H groups in total. The minimum absolute atomic E-state index is 0.113. The van der Waals surface area contributed by atoms with Gasteiger partial charge in [0, 0.05) is 37.8 Å². The summed E-state index contributed by atoms with van der Waals surface area (Å²) < 4.78 is 19.3. The third kappa shape index (κ3) is 3.45. The number of benzene rings is 1. The summed E-state index contributed by atoms with van der Waals surface area (Å²) in [5.41, 5.74) is 2.36. The van der Waals surface area contributed by atoms with Crippen LogP contribution >= 0.6 is 0 Å². The maximum absolute atomic E-state index is 13.9. The topological polar surface area (TPSA) is 61.6 Å². The Morgan fingerprint density at radius 2 is 2.04 bits per heavy atom. The monoisotopic (exact) mass is 368 g/mol. The second-order valence-electron chi connectivity index (χ2n) is 6.65. The van der Waals surface area contributed by atoms with Crippen LogP contribution in [0.4, 0.5) is 14.9 Å². The molecule has 3 aromatic rings. The SMILES string of the molecule is C[C@@H](NC(=O)N1CCN(c2ccncc2F)CC1)c1cccc2occc12. The molecule has 1 aromatic carbocycles. The van der Waals surface area contributed by atoms with Gasteiger partial charge in [-0.05, 0) is 30.7 Å². The summed E-state index contributed by atoms with van der Waals surface area (Å²) in [6.45, 7) is 4.20. The molecule has 0 radical (unpaired) electrons. The van der Waals surface area contributed by atoms with E-state index in [9.17, 15) is 9.18 Å². The summed E-state index contributed by atoms with van der Waals surface area (Å²) in [6.07, 6.45) is 4.45. The molecule has 2 aromatic heterocycles. The van der Waals surface area contributed by atoms with Gasteiger partial charge in [-0.3, -0.25) is 4.98 Å². The number of nitrogens with one attached hydrogen (secondary N) is 1. The predicted octanol–water partition coefficient (Wildman–Crippen LogP) is 3.56. The van der Waals surface area contributed by atoms with Crippen molar-refractivity contribution in [2.45, 2.75) is 13.0 Å². The van der Waals surface area contributed by atoms with Crippen LogP contribution in [0.25, 0.3) is 11.0 Å². The molecular formula is C20H21FN4O2. The van der Waals surface area contributed by atoms with E-state index in [-0.39, 0.29) is 17.9 Å². The molecule has 0 bridgehead atoms. The number of aromatic nitrogens is 1. The van der Waals surface area contributed by atoms with Crippen molar-refractivity contribution in [3.63, 3.8) is 0 Å². The molecule has 140 valence electrons. The average Bonchev–Trinajstić information content (AvgIpc) is 3.17.